The maximum Gasteiger partial charge on any atom is 0.126 e. The highest BCUT2D eigenvalue weighted by molar-refractivity contribution is 5.45. The molecule has 24 heavy (non-hydrogen) atoms. The lowest BCUT2D eigenvalue weighted by molar-refractivity contribution is 0.452. The van der Waals surface area contributed by atoms with Gasteiger partial charge in [-0.05, 0) is 29.2 Å². The molecule has 0 saturated carbocycles. The first-order valence-corrected chi connectivity index (χ1v) is 8.40. The van der Waals surface area contributed by atoms with Gasteiger partial charge in [-0.2, -0.15) is 0 Å². The summed E-state index contributed by atoms with van der Waals surface area (Å²) in [6.45, 7) is 1.83. The molecule has 0 amide bonds. The molecule has 4 rings (SSSR count). The molecule has 2 heteroatoms. The van der Waals surface area contributed by atoms with Gasteiger partial charge in [-0.1, -0.05) is 78.9 Å². The molecule has 1 nitrogen and oxygen atoms in total. The van der Waals surface area contributed by atoms with E-state index in [1.165, 1.54) is 11.1 Å². The molecule has 0 radical (unpaired) electrons. The summed E-state index contributed by atoms with van der Waals surface area (Å²) in [4.78, 5) is 2.43. The van der Waals surface area contributed by atoms with Gasteiger partial charge < -0.3 is 0 Å². The van der Waals surface area contributed by atoms with E-state index >= 15 is 0 Å². The van der Waals surface area contributed by atoms with Crippen LogP contribution in [0.3, 0.4) is 0 Å². The Morgan fingerprint density at radius 3 is 1.88 bits per heavy atom. The van der Waals surface area contributed by atoms with Crippen LogP contribution < -0.4 is 0 Å². The van der Waals surface area contributed by atoms with Crippen molar-refractivity contribution in [1.29, 1.82) is 0 Å². The predicted molar refractivity (Wildman–Crippen MR) is 95.3 cm³/mol. The van der Waals surface area contributed by atoms with Crippen LogP contribution in [0.1, 0.15) is 16.7 Å². The number of hydrogen-bond acceptors (Lipinski definition) is 1. The van der Waals surface area contributed by atoms with E-state index in [1.807, 2.05) is 24.3 Å². The van der Waals surface area contributed by atoms with Gasteiger partial charge in [0.05, 0.1) is 5.54 Å². The summed E-state index contributed by atoms with van der Waals surface area (Å²) in [5.41, 5.74) is 3.35. The first kappa shape index (κ1) is 15.1. The van der Waals surface area contributed by atoms with Crippen LogP contribution in [0.25, 0.3) is 0 Å². The Labute approximate surface area is 142 Å². The number of hydrogen-bond donors (Lipinski definition) is 0. The van der Waals surface area contributed by atoms with E-state index in [0.29, 0.717) is 0 Å². The molecule has 0 aliphatic carbocycles. The fourth-order valence-electron chi connectivity index (χ4n) is 3.61. The van der Waals surface area contributed by atoms with Gasteiger partial charge in [0.1, 0.15) is 5.82 Å². The van der Waals surface area contributed by atoms with Gasteiger partial charge in [-0.15, -0.1) is 0 Å². The minimum Gasteiger partial charge on any atom is -0.286 e. The zero-order chi connectivity index (χ0) is 16.4. The molecule has 1 aliphatic heterocycles. The number of halogens is 1. The van der Waals surface area contributed by atoms with Crippen LogP contribution in [0.15, 0.2) is 84.9 Å². The first-order chi connectivity index (χ1) is 11.8. The topological polar surface area (TPSA) is 3.01 Å². The van der Waals surface area contributed by atoms with E-state index in [9.17, 15) is 4.39 Å². The fourth-order valence-corrected chi connectivity index (χ4v) is 3.61. The summed E-state index contributed by atoms with van der Waals surface area (Å²) in [5.74, 6) is -0.107. The summed E-state index contributed by atoms with van der Waals surface area (Å²) in [7, 11) is 0. The Morgan fingerprint density at radius 1 is 0.750 bits per heavy atom. The van der Waals surface area contributed by atoms with Crippen LogP contribution in [-0.2, 0) is 12.0 Å². The van der Waals surface area contributed by atoms with E-state index in [1.54, 1.807) is 12.1 Å². The largest absolute Gasteiger partial charge is 0.286 e. The quantitative estimate of drug-likeness (QED) is 0.620. The molecule has 1 aliphatic rings. The molecule has 0 spiro atoms. The Morgan fingerprint density at radius 2 is 1.29 bits per heavy atom. The SMILES string of the molecule is Fc1ccccc1CCN1CC1(c1ccccc1)c1ccccc1. The minimum absolute atomic E-state index is 0.0617. The third kappa shape index (κ3) is 2.63. The highest BCUT2D eigenvalue weighted by Gasteiger charge is 2.53. The molecule has 1 unspecified atom stereocenters. The Balaban J connectivity index is 1.60. The van der Waals surface area contributed by atoms with E-state index in [4.69, 9.17) is 0 Å². The van der Waals surface area contributed by atoms with Gasteiger partial charge in [-0.25, -0.2) is 4.39 Å². The van der Waals surface area contributed by atoms with Gasteiger partial charge in [0.15, 0.2) is 0 Å². The lowest BCUT2D eigenvalue weighted by Gasteiger charge is -2.19. The molecule has 1 saturated heterocycles. The monoisotopic (exact) mass is 317 g/mol. The van der Waals surface area contributed by atoms with Crippen molar-refractivity contribution in [3.05, 3.63) is 107 Å². The molecule has 1 heterocycles. The van der Waals surface area contributed by atoms with Crippen molar-refractivity contribution in [2.75, 3.05) is 13.1 Å². The standard InChI is InChI=1S/C22H20FN/c23-21-14-8-7-9-18(21)15-16-24-17-22(24,19-10-3-1-4-11-19)20-12-5-2-6-13-20/h1-14H,15-17H2. The zero-order valence-electron chi connectivity index (χ0n) is 13.5. The fraction of sp³-hybridized carbons (Fsp3) is 0.182. The minimum atomic E-state index is -0.107. The molecule has 1 fully saturated rings. The van der Waals surface area contributed by atoms with Gasteiger partial charge in [0, 0.05) is 13.1 Å². The van der Waals surface area contributed by atoms with Gasteiger partial charge >= 0.3 is 0 Å². The van der Waals surface area contributed by atoms with E-state index in [2.05, 4.69) is 53.4 Å². The highest BCUT2D eigenvalue weighted by atomic mass is 19.1. The van der Waals surface area contributed by atoms with Crippen molar-refractivity contribution in [2.24, 2.45) is 0 Å². The number of benzene rings is 3. The van der Waals surface area contributed by atoms with Gasteiger partial charge in [-0.3, -0.25) is 4.90 Å². The van der Waals surface area contributed by atoms with E-state index in [-0.39, 0.29) is 11.4 Å². The Bertz CT molecular complexity index is 774. The van der Waals surface area contributed by atoms with Crippen molar-refractivity contribution in [2.45, 2.75) is 12.0 Å². The van der Waals surface area contributed by atoms with Crippen LogP contribution in [0.4, 0.5) is 4.39 Å². The van der Waals surface area contributed by atoms with Crippen LogP contribution >= 0.6 is 0 Å². The molecule has 3 aromatic carbocycles. The average molecular weight is 317 g/mol. The normalized spacial score (nSPS) is 18.3. The van der Waals surface area contributed by atoms with Gasteiger partial charge in [0.25, 0.3) is 0 Å². The third-order valence-electron chi connectivity index (χ3n) is 4.97. The average Bonchev–Trinajstić information content (AvgIpc) is 3.38. The van der Waals surface area contributed by atoms with Crippen molar-refractivity contribution in [3.8, 4) is 0 Å². The summed E-state index contributed by atoms with van der Waals surface area (Å²) in [6.07, 6.45) is 0.730. The van der Waals surface area contributed by atoms with Crippen molar-refractivity contribution >= 4 is 0 Å². The zero-order valence-corrected chi connectivity index (χ0v) is 13.5. The molecule has 1 atom stereocenters. The molecule has 3 aromatic rings. The number of nitrogens with zero attached hydrogens (tertiary/aromatic N) is 1. The summed E-state index contributed by atoms with van der Waals surface area (Å²) in [5, 5.41) is 0. The molecular formula is C22H20FN. The molecular weight excluding hydrogens is 297 g/mol. The Kier molecular flexibility index (Phi) is 3.91. The van der Waals surface area contributed by atoms with Crippen molar-refractivity contribution < 1.29 is 4.39 Å². The second-order valence-corrected chi connectivity index (χ2v) is 6.36. The Hall–Kier alpha value is -2.45. The van der Waals surface area contributed by atoms with Crippen molar-refractivity contribution in [3.63, 3.8) is 0 Å². The summed E-state index contributed by atoms with van der Waals surface area (Å²) >= 11 is 0. The smallest absolute Gasteiger partial charge is 0.126 e. The van der Waals surface area contributed by atoms with E-state index < -0.39 is 0 Å². The van der Waals surface area contributed by atoms with Crippen LogP contribution in [0.2, 0.25) is 0 Å². The van der Waals surface area contributed by atoms with Crippen molar-refractivity contribution in [1.82, 2.24) is 4.90 Å². The second-order valence-electron chi connectivity index (χ2n) is 6.36. The highest BCUT2D eigenvalue weighted by Crippen LogP contribution is 2.48. The van der Waals surface area contributed by atoms with Gasteiger partial charge in [0.2, 0.25) is 0 Å². The molecule has 0 N–H and O–H groups in total. The number of rotatable bonds is 5. The lowest BCUT2D eigenvalue weighted by Crippen LogP contribution is -2.20. The van der Waals surface area contributed by atoms with Crippen LogP contribution in [0.5, 0.6) is 0 Å². The van der Waals surface area contributed by atoms with Crippen LogP contribution in [0, 0.1) is 5.82 Å². The maximum atomic E-state index is 13.9. The third-order valence-corrected chi connectivity index (χ3v) is 4.97. The summed E-state index contributed by atoms with van der Waals surface area (Å²) in [6, 6.07) is 28.3. The maximum absolute atomic E-state index is 13.9. The molecule has 0 aromatic heterocycles. The lowest BCUT2D eigenvalue weighted by atomic mass is 9.91. The second kappa shape index (κ2) is 6.21. The molecule has 120 valence electrons. The van der Waals surface area contributed by atoms with E-state index in [0.717, 1.165) is 25.1 Å². The summed E-state index contributed by atoms with van der Waals surface area (Å²) < 4.78 is 13.9. The first-order valence-electron chi connectivity index (χ1n) is 8.40. The van der Waals surface area contributed by atoms with Crippen LogP contribution in [-0.4, -0.2) is 18.0 Å². The predicted octanol–water partition coefficient (Wildman–Crippen LogP) is 4.63. The molecule has 0 bridgehead atoms.